The van der Waals surface area contributed by atoms with Crippen LogP contribution in [0.5, 0.6) is 0 Å². The Bertz CT molecular complexity index is 191. The summed E-state index contributed by atoms with van der Waals surface area (Å²) in [5.41, 5.74) is 0. The predicted molar refractivity (Wildman–Crippen MR) is 46.1 cm³/mol. The fraction of sp³-hybridized carbons (Fsp3) is 0.833. The first-order valence-corrected chi connectivity index (χ1v) is 5.54. The number of rotatable bonds is 6. The van der Waals surface area contributed by atoms with Crippen LogP contribution in [0.4, 0.5) is 0 Å². The van der Waals surface area contributed by atoms with E-state index < -0.39 is 50.9 Å². The molecule has 7 nitrogen and oxygen atoms in total. The van der Waals surface area contributed by atoms with Gasteiger partial charge in [-0.05, 0) is 0 Å². The molecule has 0 saturated carbocycles. The first kappa shape index (κ1) is 13.9. The summed E-state index contributed by atoms with van der Waals surface area (Å²) < 4.78 is 4.17. The number of carbonyl (C=O) groups excluding carboxylic acids is 1. The van der Waals surface area contributed by atoms with Crippen LogP contribution in [-0.4, -0.2) is 76.4 Å². The quantitative estimate of drug-likeness (QED) is 0.268. The second kappa shape index (κ2) is 6.44. The zero-order valence-electron chi connectivity index (χ0n) is 7.15. The summed E-state index contributed by atoms with van der Waals surface area (Å²) in [6.07, 6.45) is -7.09. The molecule has 84 valence electrons. The standard InChI is InChI=1S/C6H13NO6Se/c7-14-6(13)5(12)4(11)3(10)2(9)1-8/h2-5,8-12H,1,7H2/t2-,3-,4+,5-/m1/s1. The zero-order valence-corrected chi connectivity index (χ0v) is 8.86. The third kappa shape index (κ3) is 3.60. The Morgan fingerprint density at radius 3 is 2.07 bits per heavy atom. The topological polar surface area (TPSA) is 144 Å². The number of hydrogen-bond acceptors (Lipinski definition) is 7. The van der Waals surface area contributed by atoms with Crippen LogP contribution in [0, 0.1) is 0 Å². The van der Waals surface area contributed by atoms with Crippen LogP contribution in [0.3, 0.4) is 0 Å². The molecule has 0 amide bonds. The van der Waals surface area contributed by atoms with Crippen molar-refractivity contribution in [2.45, 2.75) is 24.4 Å². The Morgan fingerprint density at radius 1 is 1.21 bits per heavy atom. The minimum atomic E-state index is -1.85. The van der Waals surface area contributed by atoms with Crippen LogP contribution >= 0.6 is 0 Å². The Balaban J connectivity index is 4.30. The van der Waals surface area contributed by atoms with E-state index in [1.807, 2.05) is 0 Å². The van der Waals surface area contributed by atoms with Gasteiger partial charge >= 0.3 is 86.0 Å². The fourth-order valence-corrected chi connectivity index (χ4v) is 1.32. The number of aliphatic hydroxyl groups excluding tert-OH is 5. The summed E-state index contributed by atoms with van der Waals surface area (Å²) in [4.78, 5) is 10.8. The number of nitrogens with two attached hydrogens (primary N) is 1. The molecule has 0 aliphatic rings. The molecule has 0 rings (SSSR count). The van der Waals surface area contributed by atoms with Crippen molar-refractivity contribution in [3.8, 4) is 0 Å². The molecule has 0 aromatic heterocycles. The summed E-state index contributed by atoms with van der Waals surface area (Å²) in [5.74, 6) is 0. The monoisotopic (exact) mass is 275 g/mol. The molecule has 0 saturated heterocycles. The maximum absolute atomic E-state index is 10.8. The second-order valence-corrected chi connectivity index (χ2v) is 3.95. The van der Waals surface area contributed by atoms with E-state index in [-0.39, 0.29) is 0 Å². The van der Waals surface area contributed by atoms with E-state index in [1.165, 1.54) is 0 Å². The van der Waals surface area contributed by atoms with Crippen LogP contribution in [-0.2, 0) is 4.79 Å². The van der Waals surface area contributed by atoms with Crippen LogP contribution in [0.15, 0.2) is 0 Å². The van der Waals surface area contributed by atoms with Gasteiger partial charge in [0.1, 0.15) is 0 Å². The van der Waals surface area contributed by atoms with E-state index in [0.717, 1.165) is 0 Å². The number of hydrogen-bond donors (Lipinski definition) is 6. The molecule has 7 N–H and O–H groups in total. The molecular formula is C6H13NO6Se. The predicted octanol–water partition coefficient (Wildman–Crippen LogP) is -4.47. The summed E-state index contributed by atoms with van der Waals surface area (Å²) >= 11 is -0.996. The maximum atomic E-state index is 10.8. The van der Waals surface area contributed by atoms with Crippen LogP contribution in [0.1, 0.15) is 0 Å². The molecule has 0 heterocycles. The van der Waals surface area contributed by atoms with Gasteiger partial charge in [0, 0.05) is 0 Å². The van der Waals surface area contributed by atoms with Gasteiger partial charge < -0.3 is 0 Å². The van der Waals surface area contributed by atoms with E-state index in [1.54, 1.807) is 0 Å². The van der Waals surface area contributed by atoms with Crippen molar-refractivity contribution in [1.29, 1.82) is 0 Å². The molecule has 0 aromatic carbocycles. The molecule has 0 fully saturated rings. The summed E-state index contributed by atoms with van der Waals surface area (Å²) in [6.45, 7) is -0.785. The van der Waals surface area contributed by atoms with Crippen molar-refractivity contribution < 1.29 is 30.3 Å². The minimum absolute atomic E-state index is 0.785. The van der Waals surface area contributed by atoms with Gasteiger partial charge in [0.2, 0.25) is 0 Å². The van der Waals surface area contributed by atoms with Gasteiger partial charge in [0.05, 0.1) is 0 Å². The van der Waals surface area contributed by atoms with Gasteiger partial charge in [-0.3, -0.25) is 0 Å². The Hall–Kier alpha value is -0.0505. The fourth-order valence-electron chi connectivity index (χ4n) is 0.732. The molecule has 0 radical (unpaired) electrons. The molecule has 0 spiro atoms. The SMILES string of the molecule is N[Se]C(=O)[C@H](O)[C@@H](O)[C@H](O)[C@H](O)CO. The van der Waals surface area contributed by atoms with Gasteiger partial charge in [0.25, 0.3) is 0 Å². The van der Waals surface area contributed by atoms with E-state index >= 15 is 0 Å². The van der Waals surface area contributed by atoms with Gasteiger partial charge in [0.15, 0.2) is 0 Å². The van der Waals surface area contributed by atoms with Gasteiger partial charge in [-0.1, -0.05) is 0 Å². The average molecular weight is 274 g/mol. The number of carbonyl (C=O) groups is 1. The van der Waals surface area contributed by atoms with Gasteiger partial charge in [-0.25, -0.2) is 0 Å². The third-order valence-corrected chi connectivity index (χ3v) is 2.61. The zero-order chi connectivity index (χ0) is 11.3. The van der Waals surface area contributed by atoms with Crippen molar-refractivity contribution in [3.05, 3.63) is 0 Å². The van der Waals surface area contributed by atoms with Crippen molar-refractivity contribution in [2.75, 3.05) is 6.61 Å². The van der Waals surface area contributed by atoms with Crippen LogP contribution in [0.25, 0.3) is 0 Å². The number of aliphatic hydroxyl groups is 5. The summed E-state index contributed by atoms with van der Waals surface area (Å²) in [7, 11) is 0. The van der Waals surface area contributed by atoms with E-state index in [9.17, 15) is 4.79 Å². The molecule has 0 unspecified atom stereocenters. The Morgan fingerprint density at radius 2 is 1.71 bits per heavy atom. The average Bonchev–Trinajstić information content (AvgIpc) is 2.23. The van der Waals surface area contributed by atoms with Gasteiger partial charge in [-0.15, -0.1) is 0 Å². The molecule has 8 heteroatoms. The van der Waals surface area contributed by atoms with Crippen molar-refractivity contribution in [3.63, 3.8) is 0 Å². The summed E-state index contributed by atoms with van der Waals surface area (Å²) in [5, 5.41) is 44.6. The van der Waals surface area contributed by atoms with Gasteiger partial charge in [-0.2, -0.15) is 0 Å². The van der Waals surface area contributed by atoms with Crippen molar-refractivity contribution >= 4 is 19.9 Å². The molecule has 0 aliphatic heterocycles. The Kier molecular flexibility index (Phi) is 6.41. The molecule has 4 atom stereocenters. The van der Waals surface area contributed by atoms with Crippen LogP contribution < -0.4 is 4.75 Å². The first-order chi connectivity index (χ1) is 6.45. The van der Waals surface area contributed by atoms with Crippen molar-refractivity contribution in [2.24, 2.45) is 4.75 Å². The second-order valence-electron chi connectivity index (χ2n) is 2.61. The molecule has 14 heavy (non-hydrogen) atoms. The molecule has 0 bridgehead atoms. The third-order valence-electron chi connectivity index (χ3n) is 1.61. The molecule has 0 aliphatic carbocycles. The normalized spacial score (nSPS) is 19.9. The van der Waals surface area contributed by atoms with E-state index in [2.05, 4.69) is 0 Å². The molecular weight excluding hydrogens is 261 g/mol. The molecule has 0 aromatic rings. The van der Waals surface area contributed by atoms with E-state index in [0.29, 0.717) is 0 Å². The first-order valence-electron chi connectivity index (χ1n) is 3.69. The summed E-state index contributed by atoms with van der Waals surface area (Å²) in [6, 6.07) is 0. The Labute approximate surface area is 86.5 Å². The van der Waals surface area contributed by atoms with Crippen LogP contribution in [0.2, 0.25) is 0 Å². The van der Waals surface area contributed by atoms with E-state index in [4.69, 9.17) is 30.3 Å². The van der Waals surface area contributed by atoms with Crippen molar-refractivity contribution in [1.82, 2.24) is 0 Å².